The third-order valence-electron chi connectivity index (χ3n) is 12.0. The van der Waals surface area contributed by atoms with E-state index < -0.39 is 24.3 Å². The summed E-state index contributed by atoms with van der Waals surface area (Å²) in [7, 11) is 2.57. The lowest BCUT2D eigenvalue weighted by Crippen LogP contribution is -2.50. The molecule has 0 radical (unpaired) electrons. The molecule has 1 saturated carbocycles. The van der Waals surface area contributed by atoms with Crippen LogP contribution in [0.15, 0.2) is 60.8 Å². The van der Waals surface area contributed by atoms with Gasteiger partial charge in [0.2, 0.25) is 11.8 Å². The fourth-order valence-corrected chi connectivity index (χ4v) is 10.3. The standard InChI is InChI=1S/C42H44N8O6S/c1-21(44-41(53)55-3)39(51)49-15-5-6-33(49)37-43-20-32(48-37)25-9-13-29-28-12-8-24(18-34(28)57-35(29)19-25)23-10-14-30-31(17-23)47-38(46-30)36-26-7-11-27(16-26)50(36)40(52)22(2)45-42(54)56-4/h8-10,12-14,17-22,26-27,33,36H,5-7,11,15-16H2,1-4H3,(H,43,48)(H,44,53)(H,45,54)(H,46,47)/t21-,22-,26-,27+,33-,36-/m0/s1. The minimum atomic E-state index is -0.708. The molecule has 3 fully saturated rings. The first-order chi connectivity index (χ1) is 27.6. The highest BCUT2D eigenvalue weighted by Crippen LogP contribution is 2.50. The molecule has 294 valence electrons. The number of carbonyl (C=O) groups is 4. The molecule has 4 amide bonds. The van der Waals surface area contributed by atoms with Gasteiger partial charge in [-0.15, -0.1) is 11.3 Å². The number of rotatable bonds is 8. The van der Waals surface area contributed by atoms with Crippen molar-refractivity contribution in [2.24, 2.45) is 5.92 Å². The smallest absolute Gasteiger partial charge is 0.407 e. The molecule has 1 aliphatic carbocycles. The van der Waals surface area contributed by atoms with E-state index in [1.165, 1.54) is 29.7 Å². The summed E-state index contributed by atoms with van der Waals surface area (Å²) in [6.07, 6.45) is 5.13. The summed E-state index contributed by atoms with van der Waals surface area (Å²) in [4.78, 5) is 70.8. The number of thiophene rings is 1. The van der Waals surface area contributed by atoms with Crippen molar-refractivity contribution in [2.75, 3.05) is 20.8 Å². The number of aromatic amines is 2. The Balaban J connectivity index is 0.947. The number of nitrogens with zero attached hydrogens (tertiary/aromatic N) is 4. The molecule has 5 heterocycles. The number of ether oxygens (including phenoxy) is 2. The van der Waals surface area contributed by atoms with Crippen molar-refractivity contribution in [1.82, 2.24) is 40.4 Å². The number of hydrogen-bond donors (Lipinski definition) is 4. The first kappa shape index (κ1) is 36.7. The predicted octanol–water partition coefficient (Wildman–Crippen LogP) is 7.19. The minimum absolute atomic E-state index is 0.122. The van der Waals surface area contributed by atoms with Crippen molar-refractivity contribution >= 4 is 66.5 Å². The van der Waals surface area contributed by atoms with Crippen LogP contribution in [-0.4, -0.2) is 92.6 Å². The van der Waals surface area contributed by atoms with E-state index in [4.69, 9.17) is 14.7 Å². The Morgan fingerprint density at radius 3 is 2.21 bits per heavy atom. The summed E-state index contributed by atoms with van der Waals surface area (Å²) < 4.78 is 11.7. The van der Waals surface area contributed by atoms with Gasteiger partial charge in [-0.3, -0.25) is 9.59 Å². The molecule has 6 aromatic rings. The molecule has 2 bridgehead atoms. The van der Waals surface area contributed by atoms with Gasteiger partial charge in [0.05, 0.1) is 49.2 Å². The molecule has 0 spiro atoms. The van der Waals surface area contributed by atoms with Crippen LogP contribution in [-0.2, 0) is 19.1 Å². The van der Waals surface area contributed by atoms with Gasteiger partial charge < -0.3 is 39.9 Å². The van der Waals surface area contributed by atoms with Crippen LogP contribution in [0.3, 0.4) is 0 Å². The molecule has 4 N–H and O–H groups in total. The van der Waals surface area contributed by atoms with E-state index in [-0.39, 0.29) is 29.9 Å². The van der Waals surface area contributed by atoms with Crippen molar-refractivity contribution in [1.29, 1.82) is 0 Å². The number of nitrogens with one attached hydrogen (secondary N) is 4. The maximum atomic E-state index is 13.6. The number of alkyl carbamates (subject to hydrolysis) is 2. The van der Waals surface area contributed by atoms with Gasteiger partial charge in [0.1, 0.15) is 23.7 Å². The fraction of sp³-hybridized carbons (Fsp3) is 0.381. The molecule has 15 heteroatoms. The highest BCUT2D eigenvalue weighted by Gasteiger charge is 2.50. The largest absolute Gasteiger partial charge is 0.453 e. The highest BCUT2D eigenvalue weighted by atomic mass is 32.1. The lowest BCUT2D eigenvalue weighted by Gasteiger charge is -2.35. The van der Waals surface area contributed by atoms with Crippen LogP contribution in [0.5, 0.6) is 0 Å². The number of amides is 4. The maximum Gasteiger partial charge on any atom is 0.407 e. The summed E-state index contributed by atoms with van der Waals surface area (Å²) in [5.41, 5.74) is 5.80. The van der Waals surface area contributed by atoms with Gasteiger partial charge >= 0.3 is 12.2 Å². The second-order valence-corrected chi connectivity index (χ2v) is 16.5. The molecule has 3 aliphatic rings. The average molecular weight is 789 g/mol. The van der Waals surface area contributed by atoms with Crippen LogP contribution in [0.4, 0.5) is 9.59 Å². The van der Waals surface area contributed by atoms with Gasteiger partial charge in [-0.1, -0.05) is 30.3 Å². The number of piperidine rings is 1. The lowest BCUT2D eigenvalue weighted by atomic mass is 9.97. The van der Waals surface area contributed by atoms with Gasteiger partial charge in [0.25, 0.3) is 0 Å². The van der Waals surface area contributed by atoms with Crippen LogP contribution in [0, 0.1) is 5.92 Å². The van der Waals surface area contributed by atoms with Crippen LogP contribution in [0.1, 0.15) is 69.7 Å². The molecule has 2 saturated heterocycles. The Kier molecular flexibility index (Phi) is 9.34. The Morgan fingerprint density at radius 2 is 1.47 bits per heavy atom. The quantitative estimate of drug-likeness (QED) is 0.125. The highest BCUT2D eigenvalue weighted by molar-refractivity contribution is 7.25. The summed E-state index contributed by atoms with van der Waals surface area (Å²) in [6, 6.07) is 17.6. The number of likely N-dealkylation sites (tertiary alicyclic amines) is 2. The number of imidazole rings is 2. The molecule has 6 atom stereocenters. The number of carbonyl (C=O) groups excluding carboxylic acids is 4. The summed E-state index contributed by atoms with van der Waals surface area (Å²) >= 11 is 1.74. The second kappa shape index (κ2) is 14.5. The van der Waals surface area contributed by atoms with E-state index in [0.29, 0.717) is 12.5 Å². The fourth-order valence-electron chi connectivity index (χ4n) is 9.17. The lowest BCUT2D eigenvalue weighted by molar-refractivity contribution is -0.137. The second-order valence-electron chi connectivity index (χ2n) is 15.4. The number of benzene rings is 3. The molecule has 57 heavy (non-hydrogen) atoms. The first-order valence-corrected chi connectivity index (χ1v) is 20.2. The maximum absolute atomic E-state index is 13.6. The Morgan fingerprint density at radius 1 is 0.807 bits per heavy atom. The number of methoxy groups -OCH3 is 2. The monoisotopic (exact) mass is 788 g/mol. The van der Waals surface area contributed by atoms with Crippen molar-refractivity contribution in [2.45, 2.75) is 76.2 Å². The van der Waals surface area contributed by atoms with Crippen molar-refractivity contribution in [3.63, 3.8) is 0 Å². The Bertz CT molecular complexity index is 2560. The van der Waals surface area contributed by atoms with E-state index in [9.17, 15) is 19.2 Å². The zero-order valence-electron chi connectivity index (χ0n) is 32.1. The van der Waals surface area contributed by atoms with Crippen LogP contribution in [0.25, 0.3) is 53.6 Å². The first-order valence-electron chi connectivity index (χ1n) is 19.4. The number of fused-ring (bicyclic) bond motifs is 6. The van der Waals surface area contributed by atoms with Gasteiger partial charge in [-0.05, 0) is 87.3 Å². The van der Waals surface area contributed by atoms with Gasteiger partial charge in [0.15, 0.2) is 0 Å². The minimum Gasteiger partial charge on any atom is -0.453 e. The van der Waals surface area contributed by atoms with Crippen LogP contribution >= 0.6 is 11.3 Å². The molecular weight excluding hydrogens is 745 g/mol. The van der Waals surface area contributed by atoms with Crippen molar-refractivity contribution in [3.8, 4) is 22.4 Å². The molecular formula is C42H44N8O6S. The summed E-state index contributed by atoms with van der Waals surface area (Å²) in [5, 5.41) is 7.58. The zero-order valence-corrected chi connectivity index (χ0v) is 32.9. The van der Waals surface area contributed by atoms with Gasteiger partial charge in [-0.2, -0.15) is 0 Å². The van der Waals surface area contributed by atoms with Crippen LogP contribution < -0.4 is 10.6 Å². The van der Waals surface area contributed by atoms with E-state index in [1.54, 1.807) is 30.1 Å². The topological polar surface area (TPSA) is 175 Å². The third-order valence-corrected chi connectivity index (χ3v) is 13.1. The predicted molar refractivity (Wildman–Crippen MR) is 216 cm³/mol. The van der Waals surface area contributed by atoms with Crippen molar-refractivity contribution in [3.05, 3.63) is 72.4 Å². The molecule has 3 aromatic heterocycles. The SMILES string of the molecule is COC(=O)N[C@@H](C)C(=O)N1CCC[C@H]1c1ncc(-c2ccc3c(c2)sc2cc(-c4ccc5nc([C@@H]6[C@H]7CC[C@H](C7)N6C(=O)[C@H](C)NC(=O)OC)[nH]c5c4)ccc23)[nH]1. The van der Waals surface area contributed by atoms with E-state index >= 15 is 0 Å². The molecule has 14 nitrogen and oxygen atoms in total. The average Bonchev–Trinajstić information content (AvgIpc) is 4.08. The zero-order chi connectivity index (χ0) is 39.5. The third kappa shape index (κ3) is 6.52. The Hall–Kier alpha value is -5.96. The summed E-state index contributed by atoms with van der Waals surface area (Å²) in [5.74, 6) is 1.54. The molecule has 9 rings (SSSR count). The molecule has 2 aliphatic heterocycles. The van der Waals surface area contributed by atoms with E-state index in [1.807, 2.05) is 17.2 Å². The number of H-pyrrole nitrogens is 2. The number of aromatic nitrogens is 4. The van der Waals surface area contributed by atoms with Gasteiger partial charge in [-0.25, -0.2) is 19.6 Å². The molecule has 0 unspecified atom stereocenters. The Labute approximate surface area is 332 Å². The van der Waals surface area contributed by atoms with E-state index in [2.05, 4.69) is 73.9 Å². The molecule has 3 aromatic carbocycles. The van der Waals surface area contributed by atoms with Crippen molar-refractivity contribution < 1.29 is 28.7 Å². The van der Waals surface area contributed by atoms with Crippen LogP contribution in [0.2, 0.25) is 0 Å². The normalized spacial score (nSPS) is 21.3. The number of hydrogen-bond acceptors (Lipinski definition) is 9. The van der Waals surface area contributed by atoms with Gasteiger partial charge in [0, 0.05) is 38.3 Å². The van der Waals surface area contributed by atoms with E-state index in [0.717, 1.165) is 81.9 Å². The summed E-state index contributed by atoms with van der Waals surface area (Å²) in [6.45, 7) is 3.95.